The van der Waals surface area contributed by atoms with Crippen LogP contribution in [0.2, 0.25) is 0 Å². The lowest BCUT2D eigenvalue weighted by atomic mass is 10.1. The number of benzene rings is 1. The van der Waals surface area contributed by atoms with E-state index >= 15 is 0 Å². The molecular weight excluding hydrogens is 361 g/mol. The van der Waals surface area contributed by atoms with Crippen LogP contribution in [0.5, 0.6) is 5.75 Å². The molecule has 0 aliphatic rings. The first-order chi connectivity index (χ1) is 8.36. The van der Waals surface area contributed by atoms with E-state index in [1.54, 1.807) is 18.2 Å². The first kappa shape index (κ1) is 16.3. The summed E-state index contributed by atoms with van der Waals surface area (Å²) in [7, 11) is 1.50. The quantitative estimate of drug-likeness (QED) is 0.603. The van der Waals surface area contributed by atoms with Crippen LogP contribution in [0.25, 0.3) is 10.1 Å². The Hall–Kier alpha value is 0.240. The first-order valence-electron chi connectivity index (χ1n) is 4.48. The van der Waals surface area contributed by atoms with Crippen molar-refractivity contribution in [1.82, 2.24) is 0 Å². The Morgan fingerprint density at radius 3 is 1.44 bits per heavy atom. The molecule has 0 radical (unpaired) electrons. The predicted molar refractivity (Wildman–Crippen MR) is 82.0 cm³/mol. The zero-order valence-corrected chi connectivity index (χ0v) is 13.4. The molecule has 18 heavy (non-hydrogen) atoms. The van der Waals surface area contributed by atoms with E-state index in [1.807, 2.05) is 0 Å². The van der Waals surface area contributed by atoms with Gasteiger partial charge in [0.1, 0.15) is 14.7 Å². The van der Waals surface area contributed by atoms with Crippen molar-refractivity contribution in [1.29, 1.82) is 0 Å². The van der Waals surface area contributed by atoms with Gasteiger partial charge in [-0.1, -0.05) is 69.6 Å². The summed E-state index contributed by atoms with van der Waals surface area (Å²) in [6.07, 6.45) is 0. The van der Waals surface area contributed by atoms with Crippen LogP contribution in [0, 0.1) is 0 Å². The minimum Gasteiger partial charge on any atom is -0.497 e. The fourth-order valence-electron chi connectivity index (χ4n) is 1.19. The van der Waals surface area contributed by atoms with Crippen LogP contribution in [-0.2, 0) is 0 Å². The molecule has 0 saturated carbocycles. The van der Waals surface area contributed by atoms with E-state index in [-0.39, 0.29) is 19.0 Å². The van der Waals surface area contributed by atoms with Crippen LogP contribution in [0.15, 0.2) is 27.2 Å². The number of rotatable bonds is 3. The van der Waals surface area contributed by atoms with Gasteiger partial charge in [-0.15, -0.1) is 0 Å². The number of ether oxygens (including phenoxy) is 1. The molecule has 1 rings (SSSR count). The summed E-state index contributed by atoms with van der Waals surface area (Å²) in [6, 6.07) is 4.95. The standard InChI is InChI=1S/C11H6Cl6O/c1-18-7-3-5(8(12)10(14)15)2-6(4-7)9(13)11(16)17/h2-4H,1H3. The molecule has 0 fully saturated rings. The zero-order chi connectivity index (χ0) is 13.9. The molecular formula is C11H6Cl6O. The minimum absolute atomic E-state index is 0.0621. The van der Waals surface area contributed by atoms with Gasteiger partial charge in [-0.2, -0.15) is 0 Å². The van der Waals surface area contributed by atoms with Crippen molar-refractivity contribution in [3.63, 3.8) is 0 Å². The summed E-state index contributed by atoms with van der Waals surface area (Å²) in [5.41, 5.74) is 1.08. The maximum Gasteiger partial charge on any atom is 0.126 e. The third-order valence-electron chi connectivity index (χ3n) is 1.98. The van der Waals surface area contributed by atoms with Gasteiger partial charge in [-0.05, 0) is 29.3 Å². The van der Waals surface area contributed by atoms with E-state index in [0.29, 0.717) is 16.9 Å². The number of methoxy groups -OCH3 is 1. The molecule has 0 amide bonds. The van der Waals surface area contributed by atoms with Gasteiger partial charge in [0.05, 0.1) is 17.2 Å². The van der Waals surface area contributed by atoms with Crippen molar-refractivity contribution in [3.8, 4) is 5.75 Å². The Bertz CT molecular complexity index is 470. The van der Waals surface area contributed by atoms with Crippen molar-refractivity contribution in [3.05, 3.63) is 38.3 Å². The summed E-state index contributed by atoms with van der Waals surface area (Å²) in [6.45, 7) is 0. The van der Waals surface area contributed by atoms with Crippen molar-refractivity contribution >= 4 is 79.7 Å². The van der Waals surface area contributed by atoms with E-state index in [1.165, 1.54) is 7.11 Å². The molecule has 98 valence electrons. The van der Waals surface area contributed by atoms with Crippen LogP contribution < -0.4 is 4.74 Å². The van der Waals surface area contributed by atoms with Gasteiger partial charge in [-0.3, -0.25) is 0 Å². The molecule has 0 spiro atoms. The molecule has 1 nitrogen and oxygen atoms in total. The second kappa shape index (κ2) is 7.14. The van der Waals surface area contributed by atoms with E-state index in [4.69, 9.17) is 74.3 Å². The van der Waals surface area contributed by atoms with Gasteiger partial charge in [0.2, 0.25) is 0 Å². The SMILES string of the molecule is COc1cc(C(Cl)=C(Cl)Cl)cc(C(Cl)=C(Cl)Cl)c1. The minimum atomic E-state index is -0.0621. The summed E-state index contributed by atoms with van der Waals surface area (Å²) in [5, 5.41) is 0.349. The van der Waals surface area contributed by atoms with Crippen molar-refractivity contribution in [2.45, 2.75) is 0 Å². The highest BCUT2D eigenvalue weighted by molar-refractivity contribution is 6.67. The first-order valence-corrected chi connectivity index (χ1v) is 6.75. The zero-order valence-electron chi connectivity index (χ0n) is 8.91. The fraction of sp³-hybridized carbons (Fsp3) is 0.0909. The number of hydrogen-bond donors (Lipinski definition) is 0. The highest BCUT2D eigenvalue weighted by Crippen LogP contribution is 2.35. The molecule has 0 aromatic heterocycles. The molecule has 0 atom stereocenters. The van der Waals surface area contributed by atoms with E-state index in [0.717, 1.165) is 0 Å². The molecule has 1 aromatic carbocycles. The van der Waals surface area contributed by atoms with E-state index < -0.39 is 0 Å². The number of halogens is 6. The van der Waals surface area contributed by atoms with Crippen molar-refractivity contribution in [2.24, 2.45) is 0 Å². The molecule has 1 aromatic rings. The van der Waals surface area contributed by atoms with Crippen LogP contribution in [0.1, 0.15) is 11.1 Å². The summed E-state index contributed by atoms with van der Waals surface area (Å²) >= 11 is 34.4. The lowest BCUT2D eigenvalue weighted by Crippen LogP contribution is -1.89. The van der Waals surface area contributed by atoms with E-state index in [2.05, 4.69) is 0 Å². The van der Waals surface area contributed by atoms with Crippen LogP contribution >= 0.6 is 69.6 Å². The van der Waals surface area contributed by atoms with Gasteiger partial charge < -0.3 is 4.74 Å². The van der Waals surface area contributed by atoms with E-state index in [9.17, 15) is 0 Å². The highest BCUT2D eigenvalue weighted by atomic mass is 35.5. The average molecular weight is 367 g/mol. The van der Waals surface area contributed by atoms with Gasteiger partial charge in [0, 0.05) is 0 Å². The lowest BCUT2D eigenvalue weighted by Gasteiger charge is -2.08. The lowest BCUT2D eigenvalue weighted by molar-refractivity contribution is 0.414. The molecule has 7 heteroatoms. The molecule has 0 aliphatic heterocycles. The van der Waals surface area contributed by atoms with Gasteiger partial charge >= 0.3 is 0 Å². The average Bonchev–Trinajstić information content (AvgIpc) is 2.35. The molecule has 0 aliphatic carbocycles. The molecule has 0 N–H and O–H groups in total. The Kier molecular flexibility index (Phi) is 6.46. The summed E-state index contributed by atoms with van der Waals surface area (Å²) in [4.78, 5) is 0. The molecule has 0 heterocycles. The van der Waals surface area contributed by atoms with Gasteiger partial charge in [0.15, 0.2) is 0 Å². The second-order valence-corrected chi connectivity index (χ2v) is 5.75. The van der Waals surface area contributed by atoms with Gasteiger partial charge in [-0.25, -0.2) is 0 Å². The second-order valence-electron chi connectivity index (χ2n) is 3.10. The summed E-state index contributed by atoms with van der Waals surface area (Å²) < 4.78 is 5.00. The maximum atomic E-state index is 5.96. The Morgan fingerprint density at radius 1 is 0.778 bits per heavy atom. The molecule has 0 unspecified atom stereocenters. The smallest absolute Gasteiger partial charge is 0.126 e. The van der Waals surface area contributed by atoms with Crippen LogP contribution in [-0.4, -0.2) is 7.11 Å². The molecule has 0 bridgehead atoms. The maximum absolute atomic E-state index is 5.96. The largest absolute Gasteiger partial charge is 0.497 e. The monoisotopic (exact) mass is 364 g/mol. The van der Waals surface area contributed by atoms with Gasteiger partial charge in [0.25, 0.3) is 0 Å². The molecule has 0 saturated heterocycles. The summed E-state index contributed by atoms with van der Waals surface area (Å²) in [5.74, 6) is 0.517. The number of hydrogen-bond acceptors (Lipinski definition) is 1. The predicted octanol–water partition coefficient (Wildman–Crippen LogP) is 6.38. The van der Waals surface area contributed by atoms with Crippen LogP contribution in [0.4, 0.5) is 0 Å². The fourth-order valence-corrected chi connectivity index (χ4v) is 1.84. The Morgan fingerprint density at radius 2 is 1.17 bits per heavy atom. The third kappa shape index (κ3) is 4.12. The normalized spacial score (nSPS) is 9.94. The van der Waals surface area contributed by atoms with Crippen molar-refractivity contribution in [2.75, 3.05) is 7.11 Å². The van der Waals surface area contributed by atoms with Crippen LogP contribution in [0.3, 0.4) is 0 Å². The Balaban J connectivity index is 3.45. The van der Waals surface area contributed by atoms with Crippen molar-refractivity contribution < 1.29 is 4.74 Å². The highest BCUT2D eigenvalue weighted by Gasteiger charge is 2.11. The topological polar surface area (TPSA) is 9.23 Å². The third-order valence-corrected chi connectivity index (χ3v) is 3.94. The Labute approximate surface area is 135 Å².